The molecular formula is C19H21NO4. The van der Waals surface area contributed by atoms with E-state index in [0.29, 0.717) is 13.6 Å². The highest BCUT2D eigenvalue weighted by atomic mass is 16.7. The van der Waals surface area contributed by atoms with E-state index in [1.165, 1.54) is 11.1 Å². The minimum Gasteiger partial charge on any atom is -0.454 e. The first-order valence-electron chi connectivity index (χ1n) is 8.30. The monoisotopic (exact) mass is 327 g/mol. The van der Waals surface area contributed by atoms with Crippen molar-refractivity contribution in [2.24, 2.45) is 5.73 Å². The Morgan fingerprint density at radius 1 is 0.708 bits per heavy atom. The Hall–Kier alpha value is -2.40. The van der Waals surface area contributed by atoms with Crippen LogP contribution < -0.4 is 24.7 Å². The molecule has 0 aliphatic carbocycles. The Kier molecular flexibility index (Phi) is 4.17. The van der Waals surface area contributed by atoms with Crippen LogP contribution in [0.15, 0.2) is 36.4 Å². The van der Waals surface area contributed by atoms with Gasteiger partial charge in [0.1, 0.15) is 0 Å². The second kappa shape index (κ2) is 6.61. The quantitative estimate of drug-likeness (QED) is 0.883. The fourth-order valence-electron chi connectivity index (χ4n) is 3.04. The molecule has 2 aromatic carbocycles. The molecule has 0 atom stereocenters. The van der Waals surface area contributed by atoms with Gasteiger partial charge in [0, 0.05) is 6.04 Å². The molecule has 0 aromatic heterocycles. The first-order valence-corrected chi connectivity index (χ1v) is 8.30. The highest BCUT2D eigenvalue weighted by Gasteiger charge is 2.15. The molecule has 126 valence electrons. The van der Waals surface area contributed by atoms with Crippen molar-refractivity contribution in [3.63, 3.8) is 0 Å². The molecule has 0 bridgehead atoms. The molecule has 2 aliphatic heterocycles. The fraction of sp³-hybridized carbons (Fsp3) is 0.368. The molecule has 0 radical (unpaired) electrons. The van der Waals surface area contributed by atoms with Gasteiger partial charge in [0.05, 0.1) is 0 Å². The van der Waals surface area contributed by atoms with E-state index in [2.05, 4.69) is 12.1 Å². The van der Waals surface area contributed by atoms with Gasteiger partial charge in [-0.25, -0.2) is 0 Å². The minimum absolute atomic E-state index is 0.167. The van der Waals surface area contributed by atoms with Crippen LogP contribution in [0, 0.1) is 0 Å². The minimum atomic E-state index is 0.167. The van der Waals surface area contributed by atoms with E-state index < -0.39 is 0 Å². The third-order valence-corrected chi connectivity index (χ3v) is 4.48. The van der Waals surface area contributed by atoms with Crippen LogP contribution in [-0.4, -0.2) is 19.6 Å². The summed E-state index contributed by atoms with van der Waals surface area (Å²) in [6.45, 7) is 0.627. The van der Waals surface area contributed by atoms with Gasteiger partial charge in [-0.1, -0.05) is 12.1 Å². The predicted octanol–water partition coefficient (Wildman–Crippen LogP) is 3.04. The number of benzene rings is 2. The van der Waals surface area contributed by atoms with Gasteiger partial charge in [-0.2, -0.15) is 0 Å². The van der Waals surface area contributed by atoms with Crippen LogP contribution in [0.2, 0.25) is 0 Å². The maximum absolute atomic E-state index is 6.28. The van der Waals surface area contributed by atoms with Crippen molar-refractivity contribution in [3.8, 4) is 23.0 Å². The Morgan fingerprint density at radius 3 is 1.67 bits per heavy atom. The highest BCUT2D eigenvalue weighted by molar-refractivity contribution is 5.45. The summed E-state index contributed by atoms with van der Waals surface area (Å²) in [5.41, 5.74) is 8.75. The lowest BCUT2D eigenvalue weighted by atomic mass is 9.99. The smallest absolute Gasteiger partial charge is 0.231 e. The van der Waals surface area contributed by atoms with Crippen molar-refractivity contribution in [1.29, 1.82) is 0 Å². The van der Waals surface area contributed by atoms with Crippen LogP contribution in [0.4, 0.5) is 0 Å². The SMILES string of the molecule is NC(CCc1ccc2c(c1)OCO2)CCc1ccc2c(c1)OCO2. The van der Waals surface area contributed by atoms with E-state index in [0.717, 1.165) is 48.7 Å². The summed E-state index contributed by atoms with van der Waals surface area (Å²) in [6.07, 6.45) is 3.78. The number of ether oxygens (including phenoxy) is 4. The van der Waals surface area contributed by atoms with E-state index in [1.807, 2.05) is 24.3 Å². The van der Waals surface area contributed by atoms with Crippen LogP contribution in [0.3, 0.4) is 0 Å². The van der Waals surface area contributed by atoms with Crippen molar-refractivity contribution in [2.75, 3.05) is 13.6 Å². The van der Waals surface area contributed by atoms with Crippen molar-refractivity contribution >= 4 is 0 Å². The Morgan fingerprint density at radius 2 is 1.17 bits per heavy atom. The van der Waals surface area contributed by atoms with Crippen molar-refractivity contribution in [2.45, 2.75) is 31.7 Å². The molecule has 0 spiro atoms. The lowest BCUT2D eigenvalue weighted by molar-refractivity contribution is 0.173. The molecule has 5 nitrogen and oxygen atoms in total. The molecule has 2 heterocycles. The summed E-state index contributed by atoms with van der Waals surface area (Å²) in [7, 11) is 0. The molecule has 4 rings (SSSR count). The second-order valence-electron chi connectivity index (χ2n) is 6.21. The molecule has 0 fully saturated rings. The summed E-state index contributed by atoms with van der Waals surface area (Å²) >= 11 is 0. The molecule has 24 heavy (non-hydrogen) atoms. The maximum Gasteiger partial charge on any atom is 0.231 e. The average molecular weight is 327 g/mol. The molecular weight excluding hydrogens is 306 g/mol. The number of fused-ring (bicyclic) bond motifs is 2. The van der Waals surface area contributed by atoms with Gasteiger partial charge in [-0.15, -0.1) is 0 Å². The average Bonchev–Trinajstić information content (AvgIpc) is 3.25. The van der Waals surface area contributed by atoms with Crippen molar-refractivity contribution < 1.29 is 18.9 Å². The van der Waals surface area contributed by atoms with Gasteiger partial charge in [0.15, 0.2) is 23.0 Å². The van der Waals surface area contributed by atoms with Crippen LogP contribution in [0.1, 0.15) is 24.0 Å². The number of rotatable bonds is 6. The summed E-state index contributed by atoms with van der Waals surface area (Å²) < 4.78 is 21.5. The van der Waals surface area contributed by atoms with Crippen molar-refractivity contribution in [3.05, 3.63) is 47.5 Å². The molecule has 0 unspecified atom stereocenters. The predicted molar refractivity (Wildman–Crippen MR) is 89.7 cm³/mol. The number of aryl methyl sites for hydroxylation is 2. The Bertz CT molecular complexity index is 670. The zero-order valence-electron chi connectivity index (χ0n) is 13.5. The van der Waals surface area contributed by atoms with Crippen molar-refractivity contribution in [1.82, 2.24) is 0 Å². The number of hydrogen-bond acceptors (Lipinski definition) is 5. The molecule has 2 N–H and O–H groups in total. The second-order valence-corrected chi connectivity index (χ2v) is 6.21. The third kappa shape index (κ3) is 3.26. The Balaban J connectivity index is 1.27. The molecule has 0 saturated heterocycles. The summed E-state index contributed by atoms with van der Waals surface area (Å²) in [6, 6.07) is 12.4. The first-order chi connectivity index (χ1) is 11.8. The maximum atomic E-state index is 6.28. The molecule has 0 amide bonds. The molecule has 5 heteroatoms. The number of hydrogen-bond donors (Lipinski definition) is 1. The zero-order chi connectivity index (χ0) is 16.4. The molecule has 0 saturated carbocycles. The lowest BCUT2D eigenvalue weighted by Gasteiger charge is -2.12. The van der Waals surface area contributed by atoms with Gasteiger partial charge in [0.2, 0.25) is 13.6 Å². The summed E-state index contributed by atoms with van der Waals surface area (Å²) in [5, 5.41) is 0. The first kappa shape index (κ1) is 15.1. The van der Waals surface area contributed by atoms with E-state index in [-0.39, 0.29) is 6.04 Å². The third-order valence-electron chi connectivity index (χ3n) is 4.48. The highest BCUT2D eigenvalue weighted by Crippen LogP contribution is 2.34. The zero-order valence-corrected chi connectivity index (χ0v) is 13.5. The topological polar surface area (TPSA) is 62.9 Å². The van der Waals surface area contributed by atoms with Crippen LogP contribution in [0.25, 0.3) is 0 Å². The standard InChI is InChI=1S/C19H21NO4/c20-15(5-1-13-3-7-16-18(9-13)23-11-21-16)6-2-14-4-8-17-19(10-14)24-12-22-17/h3-4,7-10,15H,1-2,5-6,11-12,20H2. The van der Waals surface area contributed by atoms with E-state index in [9.17, 15) is 0 Å². The van der Waals surface area contributed by atoms with Gasteiger partial charge in [0.25, 0.3) is 0 Å². The van der Waals surface area contributed by atoms with E-state index >= 15 is 0 Å². The van der Waals surface area contributed by atoms with E-state index in [1.54, 1.807) is 0 Å². The lowest BCUT2D eigenvalue weighted by Crippen LogP contribution is -2.21. The number of nitrogens with two attached hydrogens (primary N) is 1. The summed E-state index contributed by atoms with van der Waals surface area (Å²) in [4.78, 5) is 0. The van der Waals surface area contributed by atoms with Gasteiger partial charge in [-0.3, -0.25) is 0 Å². The molecule has 2 aliphatic rings. The van der Waals surface area contributed by atoms with Gasteiger partial charge < -0.3 is 24.7 Å². The largest absolute Gasteiger partial charge is 0.454 e. The Labute approximate surface area is 141 Å². The van der Waals surface area contributed by atoms with Crippen LogP contribution in [0.5, 0.6) is 23.0 Å². The fourth-order valence-corrected chi connectivity index (χ4v) is 3.04. The van der Waals surface area contributed by atoms with E-state index in [4.69, 9.17) is 24.7 Å². The van der Waals surface area contributed by atoms with Gasteiger partial charge in [-0.05, 0) is 61.1 Å². The van der Waals surface area contributed by atoms with Crippen LogP contribution >= 0.6 is 0 Å². The summed E-state index contributed by atoms with van der Waals surface area (Å²) in [5.74, 6) is 3.32. The normalized spacial score (nSPS) is 14.4. The molecule has 2 aromatic rings. The van der Waals surface area contributed by atoms with Crippen LogP contribution in [-0.2, 0) is 12.8 Å². The van der Waals surface area contributed by atoms with Gasteiger partial charge >= 0.3 is 0 Å².